The number of methoxy groups -OCH3 is 1. The third-order valence-corrected chi connectivity index (χ3v) is 4.36. The molecule has 0 aliphatic heterocycles. The van der Waals surface area contributed by atoms with Crippen LogP contribution in [0.25, 0.3) is 0 Å². The van der Waals surface area contributed by atoms with E-state index in [0.717, 1.165) is 30.2 Å². The second-order valence-electron chi connectivity index (χ2n) is 6.19. The molecule has 0 radical (unpaired) electrons. The van der Waals surface area contributed by atoms with Crippen LogP contribution in [0.5, 0.6) is 5.75 Å². The van der Waals surface area contributed by atoms with Crippen molar-refractivity contribution in [1.82, 2.24) is 15.0 Å². The van der Waals surface area contributed by atoms with Gasteiger partial charge in [-0.3, -0.25) is 4.98 Å². The van der Waals surface area contributed by atoms with Crippen molar-refractivity contribution in [2.24, 2.45) is 0 Å². The number of ether oxygens (including phenoxy) is 1. The molecule has 0 spiro atoms. The summed E-state index contributed by atoms with van der Waals surface area (Å²) in [5.41, 5.74) is 2.84. The molecule has 2 aromatic heterocycles. The number of likely N-dealkylation sites (N-methyl/N-ethyl adjacent to an activating group) is 1. The molecule has 0 aliphatic carbocycles. The topological polar surface area (TPSA) is 63.2 Å². The first kappa shape index (κ1) is 18.9. The molecular weight excluding hydrogens is 362 g/mol. The number of anilines is 3. The summed E-state index contributed by atoms with van der Waals surface area (Å²) in [4.78, 5) is 15.3. The number of benzene rings is 1. The molecule has 0 amide bonds. The Hall–Kier alpha value is -2.86. The van der Waals surface area contributed by atoms with Gasteiger partial charge in [0.15, 0.2) is 0 Å². The monoisotopic (exact) mass is 383 g/mol. The SMILES string of the molecule is COc1ccc(Cl)cc1Nc1nc(C)cc(N(C)CCc2ccncc2)n1. The van der Waals surface area contributed by atoms with Gasteiger partial charge < -0.3 is 15.0 Å². The lowest BCUT2D eigenvalue weighted by Gasteiger charge is -2.19. The van der Waals surface area contributed by atoms with E-state index in [4.69, 9.17) is 16.3 Å². The van der Waals surface area contributed by atoms with Crippen molar-refractivity contribution in [3.05, 3.63) is 65.1 Å². The molecule has 6 nitrogen and oxygen atoms in total. The van der Waals surface area contributed by atoms with E-state index in [1.807, 2.05) is 50.6 Å². The molecule has 1 aromatic carbocycles. The Morgan fingerprint density at radius 3 is 2.63 bits per heavy atom. The lowest BCUT2D eigenvalue weighted by molar-refractivity contribution is 0.417. The summed E-state index contributed by atoms with van der Waals surface area (Å²) < 4.78 is 5.38. The lowest BCUT2D eigenvalue weighted by Crippen LogP contribution is -2.22. The van der Waals surface area contributed by atoms with Gasteiger partial charge in [0.2, 0.25) is 5.95 Å². The van der Waals surface area contributed by atoms with Gasteiger partial charge in [-0.05, 0) is 49.2 Å². The summed E-state index contributed by atoms with van der Waals surface area (Å²) in [5.74, 6) is 2.03. The minimum Gasteiger partial charge on any atom is -0.495 e. The maximum Gasteiger partial charge on any atom is 0.229 e. The molecule has 0 aliphatic rings. The molecule has 0 saturated carbocycles. The maximum atomic E-state index is 6.10. The number of aryl methyl sites for hydroxylation is 1. The molecule has 0 bridgehead atoms. The van der Waals surface area contributed by atoms with Gasteiger partial charge in [0.1, 0.15) is 11.6 Å². The Kier molecular flexibility index (Phi) is 6.08. The number of nitrogens with zero attached hydrogens (tertiary/aromatic N) is 4. The average molecular weight is 384 g/mol. The minimum absolute atomic E-state index is 0.501. The van der Waals surface area contributed by atoms with Gasteiger partial charge in [0, 0.05) is 42.8 Å². The van der Waals surface area contributed by atoms with Crippen LogP contribution in [0, 0.1) is 6.92 Å². The highest BCUT2D eigenvalue weighted by Crippen LogP contribution is 2.30. The van der Waals surface area contributed by atoms with Crippen LogP contribution >= 0.6 is 11.6 Å². The van der Waals surface area contributed by atoms with Gasteiger partial charge >= 0.3 is 0 Å². The fraction of sp³-hybridized carbons (Fsp3) is 0.250. The van der Waals surface area contributed by atoms with E-state index in [1.165, 1.54) is 5.56 Å². The fourth-order valence-electron chi connectivity index (χ4n) is 2.66. The zero-order valence-corrected chi connectivity index (χ0v) is 16.4. The van der Waals surface area contributed by atoms with E-state index in [0.29, 0.717) is 16.7 Å². The van der Waals surface area contributed by atoms with Crippen molar-refractivity contribution in [3.8, 4) is 5.75 Å². The average Bonchev–Trinajstić information content (AvgIpc) is 2.66. The number of rotatable bonds is 7. The first-order valence-electron chi connectivity index (χ1n) is 8.61. The quantitative estimate of drug-likeness (QED) is 0.657. The predicted molar refractivity (Wildman–Crippen MR) is 109 cm³/mol. The molecular formula is C20H22ClN5O. The van der Waals surface area contributed by atoms with Crippen LogP contribution in [-0.4, -0.2) is 35.7 Å². The first-order valence-corrected chi connectivity index (χ1v) is 8.99. The molecule has 140 valence electrons. The van der Waals surface area contributed by atoms with Crippen LogP contribution in [0.4, 0.5) is 17.5 Å². The fourth-order valence-corrected chi connectivity index (χ4v) is 2.83. The van der Waals surface area contributed by atoms with Crippen LogP contribution in [-0.2, 0) is 6.42 Å². The van der Waals surface area contributed by atoms with E-state index >= 15 is 0 Å². The molecule has 0 fully saturated rings. The Morgan fingerprint density at radius 2 is 1.89 bits per heavy atom. The first-order chi connectivity index (χ1) is 13.0. The summed E-state index contributed by atoms with van der Waals surface area (Å²) in [6.45, 7) is 2.78. The minimum atomic E-state index is 0.501. The van der Waals surface area contributed by atoms with Crippen molar-refractivity contribution in [2.75, 3.05) is 30.9 Å². The standard InChI is InChI=1S/C20H22ClN5O/c1-14-12-19(26(2)11-8-15-6-9-22-10-7-15)25-20(23-14)24-17-13-16(21)4-5-18(17)27-3/h4-7,9-10,12-13H,8,11H2,1-3H3,(H,23,24,25). The second kappa shape index (κ2) is 8.68. The molecule has 27 heavy (non-hydrogen) atoms. The van der Waals surface area contributed by atoms with Crippen LogP contribution < -0.4 is 15.0 Å². The van der Waals surface area contributed by atoms with Crippen molar-refractivity contribution in [3.63, 3.8) is 0 Å². The zero-order valence-electron chi connectivity index (χ0n) is 15.6. The summed E-state index contributed by atoms with van der Waals surface area (Å²) in [5, 5.41) is 3.82. The maximum absolute atomic E-state index is 6.10. The molecule has 3 aromatic rings. The summed E-state index contributed by atoms with van der Waals surface area (Å²) >= 11 is 6.10. The van der Waals surface area contributed by atoms with Crippen LogP contribution in [0.3, 0.4) is 0 Å². The highest BCUT2D eigenvalue weighted by molar-refractivity contribution is 6.31. The molecule has 0 saturated heterocycles. The highest BCUT2D eigenvalue weighted by Gasteiger charge is 2.10. The van der Waals surface area contributed by atoms with Gasteiger partial charge in [-0.25, -0.2) is 4.98 Å². The molecule has 1 N–H and O–H groups in total. The second-order valence-corrected chi connectivity index (χ2v) is 6.62. The number of nitrogens with one attached hydrogen (secondary N) is 1. The van der Waals surface area contributed by atoms with Gasteiger partial charge in [-0.15, -0.1) is 0 Å². The predicted octanol–water partition coefficient (Wildman–Crippen LogP) is 4.26. The molecule has 2 heterocycles. The molecule has 7 heteroatoms. The number of hydrogen-bond acceptors (Lipinski definition) is 6. The van der Waals surface area contributed by atoms with Gasteiger partial charge in [0.25, 0.3) is 0 Å². The van der Waals surface area contributed by atoms with E-state index in [1.54, 1.807) is 19.2 Å². The van der Waals surface area contributed by atoms with Crippen molar-refractivity contribution < 1.29 is 4.74 Å². The number of halogens is 1. The Labute approximate surface area is 164 Å². The molecule has 3 rings (SSSR count). The lowest BCUT2D eigenvalue weighted by atomic mass is 10.2. The smallest absolute Gasteiger partial charge is 0.229 e. The van der Waals surface area contributed by atoms with E-state index < -0.39 is 0 Å². The largest absolute Gasteiger partial charge is 0.495 e. The van der Waals surface area contributed by atoms with Crippen LogP contribution in [0.2, 0.25) is 5.02 Å². The third kappa shape index (κ3) is 5.08. The Morgan fingerprint density at radius 1 is 1.11 bits per heavy atom. The summed E-state index contributed by atoms with van der Waals surface area (Å²) in [6, 6.07) is 11.4. The van der Waals surface area contributed by atoms with Gasteiger partial charge in [0.05, 0.1) is 12.8 Å². The number of aromatic nitrogens is 3. The normalized spacial score (nSPS) is 10.5. The van der Waals surface area contributed by atoms with E-state index in [2.05, 4.69) is 25.2 Å². The Balaban J connectivity index is 1.77. The van der Waals surface area contributed by atoms with E-state index in [9.17, 15) is 0 Å². The van der Waals surface area contributed by atoms with Crippen LogP contribution in [0.1, 0.15) is 11.3 Å². The summed E-state index contributed by atoms with van der Waals surface area (Å²) in [7, 11) is 3.64. The van der Waals surface area contributed by atoms with Crippen molar-refractivity contribution >= 4 is 29.1 Å². The van der Waals surface area contributed by atoms with Crippen molar-refractivity contribution in [2.45, 2.75) is 13.3 Å². The molecule has 0 unspecified atom stereocenters. The van der Waals surface area contributed by atoms with Crippen molar-refractivity contribution in [1.29, 1.82) is 0 Å². The number of hydrogen-bond donors (Lipinski definition) is 1. The summed E-state index contributed by atoms with van der Waals surface area (Å²) in [6.07, 6.45) is 4.53. The van der Waals surface area contributed by atoms with Gasteiger partial charge in [-0.2, -0.15) is 4.98 Å². The molecule has 0 atom stereocenters. The van der Waals surface area contributed by atoms with E-state index in [-0.39, 0.29) is 0 Å². The highest BCUT2D eigenvalue weighted by atomic mass is 35.5. The zero-order chi connectivity index (χ0) is 19.2. The third-order valence-electron chi connectivity index (χ3n) is 4.13. The van der Waals surface area contributed by atoms with Crippen LogP contribution in [0.15, 0.2) is 48.8 Å². The van der Waals surface area contributed by atoms with Gasteiger partial charge in [-0.1, -0.05) is 11.6 Å². The number of pyridine rings is 1. The Bertz CT molecular complexity index is 904.